The van der Waals surface area contributed by atoms with Crippen molar-refractivity contribution in [3.05, 3.63) is 18.5 Å². The molecule has 3 heteroatoms. The Kier molecular flexibility index (Phi) is 5.49. The van der Waals surface area contributed by atoms with Gasteiger partial charge >= 0.3 is 0 Å². The average molecular weight is 261 g/mol. The van der Waals surface area contributed by atoms with E-state index in [0.29, 0.717) is 0 Å². The van der Waals surface area contributed by atoms with Crippen molar-refractivity contribution in [2.45, 2.75) is 46.0 Å². The minimum atomic E-state index is 0.930. The van der Waals surface area contributed by atoms with Crippen LogP contribution in [0.1, 0.15) is 46.0 Å². The summed E-state index contributed by atoms with van der Waals surface area (Å²) in [6, 6.07) is 2.23. The zero-order valence-corrected chi connectivity index (χ0v) is 12.4. The molecule has 0 aromatic carbocycles. The molecule has 1 unspecified atom stereocenters. The van der Waals surface area contributed by atoms with Crippen molar-refractivity contribution in [3.8, 4) is 0 Å². The van der Waals surface area contributed by atoms with Gasteiger partial charge in [0.05, 0.1) is 23.8 Å². The van der Waals surface area contributed by atoms with E-state index in [2.05, 4.69) is 35.1 Å². The Morgan fingerprint density at radius 2 is 2.16 bits per heavy atom. The van der Waals surface area contributed by atoms with E-state index in [1.807, 2.05) is 12.4 Å². The summed E-state index contributed by atoms with van der Waals surface area (Å²) in [4.78, 5) is 6.86. The molecule has 3 nitrogen and oxygen atoms in total. The van der Waals surface area contributed by atoms with Crippen molar-refractivity contribution in [3.63, 3.8) is 0 Å². The first kappa shape index (κ1) is 14.2. The van der Waals surface area contributed by atoms with Crippen LogP contribution in [0.5, 0.6) is 0 Å². The first-order valence-corrected chi connectivity index (χ1v) is 7.77. The quantitative estimate of drug-likeness (QED) is 0.870. The second-order valence-corrected chi connectivity index (χ2v) is 5.53. The molecule has 0 aliphatic carbocycles. The minimum absolute atomic E-state index is 0.930. The highest BCUT2D eigenvalue weighted by Gasteiger charge is 2.17. The van der Waals surface area contributed by atoms with Gasteiger partial charge in [-0.1, -0.05) is 19.8 Å². The molecular weight excluding hydrogens is 234 g/mol. The number of nitrogens with zero attached hydrogens (tertiary/aromatic N) is 2. The molecule has 1 aromatic heterocycles. The van der Waals surface area contributed by atoms with Gasteiger partial charge in [-0.05, 0) is 38.2 Å². The summed E-state index contributed by atoms with van der Waals surface area (Å²) >= 11 is 0. The molecule has 1 aromatic rings. The maximum Gasteiger partial charge on any atom is 0.0573 e. The van der Waals surface area contributed by atoms with E-state index in [1.165, 1.54) is 50.9 Å². The third kappa shape index (κ3) is 4.12. The van der Waals surface area contributed by atoms with Crippen molar-refractivity contribution in [1.29, 1.82) is 0 Å². The van der Waals surface area contributed by atoms with Crippen LogP contribution in [-0.4, -0.2) is 24.6 Å². The normalized spacial score (nSPS) is 20.1. The Labute approximate surface area is 117 Å². The number of rotatable bonds is 5. The lowest BCUT2D eigenvalue weighted by atomic mass is 9.96. The van der Waals surface area contributed by atoms with Crippen molar-refractivity contribution < 1.29 is 0 Å². The summed E-state index contributed by atoms with van der Waals surface area (Å²) in [5, 5.41) is 3.34. The smallest absolute Gasteiger partial charge is 0.0573 e. The predicted octanol–water partition coefficient (Wildman–Crippen LogP) is 3.92. The Balaban J connectivity index is 1.99. The molecule has 0 saturated carbocycles. The van der Waals surface area contributed by atoms with Crippen molar-refractivity contribution in [2.75, 3.05) is 29.9 Å². The monoisotopic (exact) mass is 261 g/mol. The maximum absolute atomic E-state index is 4.36. The van der Waals surface area contributed by atoms with Crippen LogP contribution >= 0.6 is 0 Å². The maximum atomic E-state index is 4.36. The first-order valence-electron chi connectivity index (χ1n) is 7.77. The largest absolute Gasteiger partial charge is 0.384 e. The van der Waals surface area contributed by atoms with E-state index in [-0.39, 0.29) is 0 Å². The third-order valence-electron chi connectivity index (χ3n) is 4.01. The van der Waals surface area contributed by atoms with Crippen LogP contribution in [0.25, 0.3) is 0 Å². The highest BCUT2D eigenvalue weighted by Crippen LogP contribution is 2.26. The van der Waals surface area contributed by atoms with E-state index in [9.17, 15) is 0 Å². The van der Waals surface area contributed by atoms with E-state index in [4.69, 9.17) is 0 Å². The molecule has 1 aliphatic heterocycles. The lowest BCUT2D eigenvalue weighted by Crippen LogP contribution is -2.24. The first-order chi connectivity index (χ1) is 9.33. The number of pyridine rings is 1. The Hall–Kier alpha value is -1.25. The lowest BCUT2D eigenvalue weighted by Gasteiger charge is -2.23. The predicted molar refractivity (Wildman–Crippen MR) is 82.9 cm³/mol. The van der Waals surface area contributed by atoms with Gasteiger partial charge in [0.2, 0.25) is 0 Å². The fourth-order valence-corrected chi connectivity index (χ4v) is 3.02. The number of nitrogens with one attached hydrogen (secondary N) is 1. The van der Waals surface area contributed by atoms with Gasteiger partial charge in [0, 0.05) is 19.6 Å². The molecule has 0 bridgehead atoms. The summed E-state index contributed by atoms with van der Waals surface area (Å²) in [7, 11) is 0. The highest BCUT2D eigenvalue weighted by atomic mass is 15.1. The molecular formula is C16H27N3. The second kappa shape index (κ2) is 7.37. The minimum Gasteiger partial charge on any atom is -0.384 e. The standard InChI is InChI=1S/C16H27N3/c1-3-6-14-7-5-9-19(10-8-14)16-11-15(18-4-2)12-17-13-16/h11-14,18H,3-10H2,1-2H3. The van der Waals surface area contributed by atoms with Gasteiger partial charge in [-0.2, -0.15) is 0 Å². The Morgan fingerprint density at radius 3 is 2.95 bits per heavy atom. The summed E-state index contributed by atoms with van der Waals surface area (Å²) < 4.78 is 0. The Morgan fingerprint density at radius 1 is 1.26 bits per heavy atom. The van der Waals surface area contributed by atoms with Gasteiger partial charge in [-0.25, -0.2) is 0 Å². The molecule has 1 fully saturated rings. The third-order valence-corrected chi connectivity index (χ3v) is 4.01. The SMILES string of the molecule is CCCC1CCCN(c2cncc(NCC)c2)CC1. The van der Waals surface area contributed by atoms with E-state index >= 15 is 0 Å². The second-order valence-electron chi connectivity index (χ2n) is 5.53. The highest BCUT2D eigenvalue weighted by molar-refractivity contribution is 5.55. The van der Waals surface area contributed by atoms with Gasteiger partial charge < -0.3 is 10.2 Å². The lowest BCUT2D eigenvalue weighted by molar-refractivity contribution is 0.435. The number of hydrogen-bond acceptors (Lipinski definition) is 3. The molecule has 1 atom stereocenters. The van der Waals surface area contributed by atoms with Crippen LogP contribution in [0.2, 0.25) is 0 Å². The van der Waals surface area contributed by atoms with E-state index in [0.717, 1.165) is 18.2 Å². The van der Waals surface area contributed by atoms with Crippen LogP contribution in [-0.2, 0) is 0 Å². The fourth-order valence-electron chi connectivity index (χ4n) is 3.02. The van der Waals surface area contributed by atoms with Gasteiger partial charge in [0.15, 0.2) is 0 Å². The van der Waals surface area contributed by atoms with Gasteiger partial charge in [-0.15, -0.1) is 0 Å². The molecule has 0 amide bonds. The molecule has 1 N–H and O–H groups in total. The van der Waals surface area contributed by atoms with Crippen molar-refractivity contribution in [2.24, 2.45) is 5.92 Å². The molecule has 0 radical (unpaired) electrons. The molecule has 2 heterocycles. The van der Waals surface area contributed by atoms with Crippen LogP contribution in [0, 0.1) is 5.92 Å². The number of hydrogen-bond donors (Lipinski definition) is 1. The summed E-state index contributed by atoms with van der Waals surface area (Å²) in [6.07, 6.45) is 10.7. The summed E-state index contributed by atoms with van der Waals surface area (Å²) in [5.74, 6) is 0.930. The fraction of sp³-hybridized carbons (Fsp3) is 0.688. The zero-order valence-electron chi connectivity index (χ0n) is 12.4. The molecule has 106 valence electrons. The average Bonchev–Trinajstić information content (AvgIpc) is 2.66. The van der Waals surface area contributed by atoms with E-state index in [1.54, 1.807) is 0 Å². The van der Waals surface area contributed by atoms with Crippen LogP contribution in [0.4, 0.5) is 11.4 Å². The zero-order chi connectivity index (χ0) is 13.5. The van der Waals surface area contributed by atoms with Crippen LogP contribution in [0.15, 0.2) is 18.5 Å². The van der Waals surface area contributed by atoms with Crippen molar-refractivity contribution >= 4 is 11.4 Å². The summed E-state index contributed by atoms with van der Waals surface area (Å²) in [6.45, 7) is 7.73. The molecule has 19 heavy (non-hydrogen) atoms. The van der Waals surface area contributed by atoms with Crippen LogP contribution in [0.3, 0.4) is 0 Å². The molecule has 1 saturated heterocycles. The molecule has 0 spiro atoms. The summed E-state index contributed by atoms with van der Waals surface area (Å²) in [5.41, 5.74) is 2.41. The van der Waals surface area contributed by atoms with Gasteiger partial charge in [-0.3, -0.25) is 4.98 Å². The topological polar surface area (TPSA) is 28.2 Å². The molecule has 1 aliphatic rings. The van der Waals surface area contributed by atoms with Gasteiger partial charge in [0.1, 0.15) is 0 Å². The number of aromatic nitrogens is 1. The van der Waals surface area contributed by atoms with Gasteiger partial charge in [0.25, 0.3) is 0 Å². The van der Waals surface area contributed by atoms with Crippen LogP contribution < -0.4 is 10.2 Å². The Bertz CT molecular complexity index is 378. The molecule has 2 rings (SSSR count). The van der Waals surface area contributed by atoms with Crippen molar-refractivity contribution in [1.82, 2.24) is 4.98 Å². The van der Waals surface area contributed by atoms with E-state index < -0.39 is 0 Å². The number of anilines is 2.